The van der Waals surface area contributed by atoms with Gasteiger partial charge in [-0.05, 0) is 51.0 Å². The monoisotopic (exact) mass is 514 g/mol. The van der Waals surface area contributed by atoms with E-state index in [0.717, 1.165) is 18.9 Å². The summed E-state index contributed by atoms with van der Waals surface area (Å²) in [6.45, 7) is 3.40. The fraction of sp³-hybridized carbons (Fsp3) is 0.348. The van der Waals surface area contributed by atoms with Crippen molar-refractivity contribution in [3.63, 3.8) is 0 Å². The van der Waals surface area contributed by atoms with Crippen LogP contribution in [-0.4, -0.2) is 26.7 Å². The van der Waals surface area contributed by atoms with Crippen LogP contribution in [0, 0.1) is 0 Å². The Bertz CT molecular complexity index is 1210. The highest BCUT2D eigenvalue weighted by molar-refractivity contribution is 6.31. The summed E-state index contributed by atoms with van der Waals surface area (Å²) in [5.41, 5.74) is -1.75. The third kappa shape index (κ3) is 5.31. The van der Waals surface area contributed by atoms with Crippen molar-refractivity contribution in [2.45, 2.75) is 44.5 Å². The molecule has 1 fully saturated rings. The van der Waals surface area contributed by atoms with E-state index >= 15 is 0 Å². The number of benzene rings is 2. The molecule has 0 bridgehead atoms. The van der Waals surface area contributed by atoms with Gasteiger partial charge in [-0.15, -0.1) is 22.6 Å². The van der Waals surface area contributed by atoms with Crippen molar-refractivity contribution in [2.24, 2.45) is 7.05 Å². The summed E-state index contributed by atoms with van der Waals surface area (Å²) in [5, 5.41) is 11.4. The number of amides is 1. The van der Waals surface area contributed by atoms with Gasteiger partial charge in [0.2, 0.25) is 0 Å². The Balaban J connectivity index is 0.00000324. The highest BCUT2D eigenvalue weighted by atomic mass is 35.5. The van der Waals surface area contributed by atoms with Gasteiger partial charge in [-0.2, -0.15) is 13.2 Å². The number of alkyl halides is 3. The third-order valence-corrected chi connectivity index (χ3v) is 5.59. The van der Waals surface area contributed by atoms with E-state index in [1.165, 1.54) is 28.8 Å². The van der Waals surface area contributed by atoms with Crippen LogP contribution in [0.3, 0.4) is 0 Å². The van der Waals surface area contributed by atoms with Crippen LogP contribution in [0.15, 0.2) is 42.5 Å². The highest BCUT2D eigenvalue weighted by Gasteiger charge is 2.37. The van der Waals surface area contributed by atoms with E-state index < -0.39 is 17.3 Å². The maximum atomic E-state index is 13.5. The summed E-state index contributed by atoms with van der Waals surface area (Å²) in [6, 6.07) is 10.0. The first-order valence-electron chi connectivity index (χ1n) is 10.3. The molecule has 1 amide bonds. The fourth-order valence-electron chi connectivity index (χ4n) is 3.59. The Kier molecular flexibility index (Phi) is 7.19. The number of carbonyl (C=O) groups is 1. The van der Waals surface area contributed by atoms with E-state index in [4.69, 9.17) is 16.3 Å². The van der Waals surface area contributed by atoms with Crippen molar-refractivity contribution in [1.82, 2.24) is 20.1 Å². The zero-order valence-electron chi connectivity index (χ0n) is 18.6. The standard InChI is InChI=1S/C23H22ClF3N4O2.ClH/c1-22(2,33-18-11-8-13(24)12-16(18)20(32)28-14-9-10-14)21-30-29-19(31(21)3)15-6-4-5-7-17(15)23(25,26)27;/h4-8,11-12,14H,9-10H2,1-3H3,(H,28,32);1H. The van der Waals surface area contributed by atoms with Gasteiger partial charge in [-0.1, -0.05) is 29.8 Å². The predicted octanol–water partition coefficient (Wildman–Crippen LogP) is 5.78. The molecule has 3 aromatic rings. The zero-order valence-corrected chi connectivity index (χ0v) is 20.2. The molecule has 0 radical (unpaired) electrons. The summed E-state index contributed by atoms with van der Waals surface area (Å²) in [5.74, 6) is 0.321. The van der Waals surface area contributed by atoms with Gasteiger partial charge in [0.1, 0.15) is 5.75 Å². The lowest BCUT2D eigenvalue weighted by Gasteiger charge is -2.27. The minimum absolute atomic E-state index is 0. The van der Waals surface area contributed by atoms with Crippen molar-refractivity contribution >= 4 is 29.9 Å². The van der Waals surface area contributed by atoms with Gasteiger partial charge >= 0.3 is 6.18 Å². The smallest absolute Gasteiger partial charge is 0.417 e. The van der Waals surface area contributed by atoms with Crippen LogP contribution in [0.5, 0.6) is 5.75 Å². The second-order valence-corrected chi connectivity index (χ2v) is 8.89. The van der Waals surface area contributed by atoms with Gasteiger partial charge < -0.3 is 14.6 Å². The van der Waals surface area contributed by atoms with Crippen molar-refractivity contribution in [3.8, 4) is 17.1 Å². The Morgan fingerprint density at radius 2 is 1.82 bits per heavy atom. The average molecular weight is 515 g/mol. The van der Waals surface area contributed by atoms with Gasteiger partial charge in [0.15, 0.2) is 17.2 Å². The van der Waals surface area contributed by atoms with E-state index in [1.54, 1.807) is 33.0 Å². The van der Waals surface area contributed by atoms with Gasteiger partial charge in [-0.25, -0.2) is 0 Å². The lowest BCUT2D eigenvalue weighted by Crippen LogP contribution is -2.31. The van der Waals surface area contributed by atoms with Gasteiger partial charge in [0.05, 0.1) is 11.1 Å². The third-order valence-electron chi connectivity index (χ3n) is 5.35. The highest BCUT2D eigenvalue weighted by Crippen LogP contribution is 2.38. The lowest BCUT2D eigenvalue weighted by molar-refractivity contribution is -0.137. The average Bonchev–Trinajstić information content (AvgIpc) is 3.46. The Morgan fingerprint density at radius 3 is 2.47 bits per heavy atom. The number of hydrogen-bond donors (Lipinski definition) is 1. The lowest BCUT2D eigenvalue weighted by atomic mass is 10.1. The molecule has 6 nitrogen and oxygen atoms in total. The van der Waals surface area contributed by atoms with E-state index in [9.17, 15) is 18.0 Å². The minimum atomic E-state index is -4.54. The summed E-state index contributed by atoms with van der Waals surface area (Å²) < 4.78 is 48.2. The van der Waals surface area contributed by atoms with Gasteiger partial charge in [0, 0.05) is 23.7 Å². The second-order valence-electron chi connectivity index (χ2n) is 8.45. The molecule has 4 rings (SSSR count). The molecule has 34 heavy (non-hydrogen) atoms. The van der Waals surface area contributed by atoms with Crippen LogP contribution in [0.2, 0.25) is 5.02 Å². The molecule has 1 heterocycles. The molecule has 1 aromatic heterocycles. The molecule has 1 aliphatic carbocycles. The second kappa shape index (κ2) is 9.46. The van der Waals surface area contributed by atoms with Crippen molar-refractivity contribution in [2.75, 3.05) is 0 Å². The van der Waals surface area contributed by atoms with Crippen molar-refractivity contribution < 1.29 is 22.7 Å². The van der Waals surface area contributed by atoms with E-state index in [2.05, 4.69) is 15.5 Å². The maximum Gasteiger partial charge on any atom is 0.417 e. The molecule has 0 unspecified atom stereocenters. The van der Waals surface area contributed by atoms with Crippen molar-refractivity contribution in [3.05, 3.63) is 64.4 Å². The summed E-state index contributed by atoms with van der Waals surface area (Å²) in [7, 11) is 1.57. The first kappa shape index (κ1) is 25.8. The Hall–Kier alpha value is -2.78. The Morgan fingerprint density at radius 1 is 1.15 bits per heavy atom. The molecule has 0 aliphatic heterocycles. The quantitative estimate of drug-likeness (QED) is 0.452. The van der Waals surface area contributed by atoms with Crippen molar-refractivity contribution in [1.29, 1.82) is 0 Å². The van der Waals surface area contributed by atoms with Crippen LogP contribution < -0.4 is 10.1 Å². The number of halogens is 5. The molecule has 2 aromatic carbocycles. The number of nitrogens with one attached hydrogen (secondary N) is 1. The number of ether oxygens (including phenoxy) is 1. The molecule has 0 atom stereocenters. The van der Waals surface area contributed by atoms with E-state index in [-0.39, 0.29) is 52.9 Å². The normalized spacial score (nSPS) is 13.9. The molecule has 0 saturated heterocycles. The van der Waals surface area contributed by atoms with Gasteiger partial charge in [-0.3, -0.25) is 4.79 Å². The van der Waals surface area contributed by atoms with Crippen LogP contribution >= 0.6 is 24.0 Å². The van der Waals surface area contributed by atoms with E-state index in [0.29, 0.717) is 5.02 Å². The first-order valence-corrected chi connectivity index (χ1v) is 10.7. The molecule has 0 spiro atoms. The van der Waals surface area contributed by atoms with Gasteiger partial charge in [0.25, 0.3) is 5.91 Å². The molecular formula is C23H23Cl2F3N4O2. The number of aromatic nitrogens is 3. The molecule has 1 aliphatic rings. The Labute approximate surface area is 205 Å². The van der Waals surface area contributed by atoms with Crippen LogP contribution in [0.1, 0.15) is 48.4 Å². The minimum Gasteiger partial charge on any atom is -0.479 e. The molecule has 11 heteroatoms. The van der Waals surface area contributed by atoms with Crippen LogP contribution in [0.4, 0.5) is 13.2 Å². The number of carbonyl (C=O) groups excluding carboxylic acids is 1. The first-order chi connectivity index (χ1) is 15.5. The SMILES string of the molecule is Cl.Cn1c(-c2ccccc2C(F)(F)F)nnc1C(C)(C)Oc1ccc(Cl)cc1C(=O)NC1CC1. The summed E-state index contributed by atoms with van der Waals surface area (Å²) in [4.78, 5) is 12.7. The van der Waals surface area contributed by atoms with E-state index in [1.807, 2.05) is 0 Å². The maximum absolute atomic E-state index is 13.5. The van der Waals surface area contributed by atoms with Crippen LogP contribution in [0.25, 0.3) is 11.4 Å². The number of hydrogen-bond acceptors (Lipinski definition) is 4. The molecular weight excluding hydrogens is 492 g/mol. The number of nitrogens with zero attached hydrogens (tertiary/aromatic N) is 3. The zero-order chi connectivity index (χ0) is 24.0. The predicted molar refractivity (Wildman–Crippen MR) is 124 cm³/mol. The number of rotatable bonds is 6. The van der Waals surface area contributed by atoms with Crippen LogP contribution in [-0.2, 0) is 18.8 Å². The molecule has 1 N–H and O–H groups in total. The largest absolute Gasteiger partial charge is 0.479 e. The molecule has 1 saturated carbocycles. The molecule has 182 valence electrons. The summed E-state index contributed by atoms with van der Waals surface area (Å²) >= 11 is 6.10. The summed E-state index contributed by atoms with van der Waals surface area (Å²) in [6.07, 6.45) is -2.69. The fourth-order valence-corrected chi connectivity index (χ4v) is 3.77. The topological polar surface area (TPSA) is 69.0 Å².